The number of anilines is 3. The van der Waals surface area contributed by atoms with Gasteiger partial charge in [-0.05, 0) is 56.0 Å². The van der Waals surface area contributed by atoms with Gasteiger partial charge in [0.1, 0.15) is 18.1 Å². The molecule has 234 valence electrons. The van der Waals surface area contributed by atoms with E-state index in [0.717, 1.165) is 63.9 Å². The zero-order valence-corrected chi connectivity index (χ0v) is 24.8. The van der Waals surface area contributed by atoms with Crippen molar-refractivity contribution < 1.29 is 23.4 Å². The van der Waals surface area contributed by atoms with Gasteiger partial charge in [-0.3, -0.25) is 4.90 Å². The van der Waals surface area contributed by atoms with Gasteiger partial charge in [0, 0.05) is 56.6 Å². The molecule has 3 N–H and O–H groups in total. The summed E-state index contributed by atoms with van der Waals surface area (Å²) in [7, 11) is 0. The van der Waals surface area contributed by atoms with Gasteiger partial charge in [-0.2, -0.15) is 0 Å². The second-order valence-electron chi connectivity index (χ2n) is 11.6. The number of carboxylic acid groups (broad SMARTS) is 1. The van der Waals surface area contributed by atoms with Crippen LogP contribution < -0.4 is 20.3 Å². The number of aromatic nitrogens is 3. The highest BCUT2D eigenvalue weighted by molar-refractivity contribution is 5.73. The van der Waals surface area contributed by atoms with Crippen LogP contribution in [0.3, 0.4) is 0 Å². The SMILES string of the molecule is CCN1CCN(Cc2ccc(Nc3ncc(F)c(-c4cc(F)c5c(c4)N(C4CCC(NC(=O)O)CC4)CCO5)n3)nc2)CC1. The topological polar surface area (TPSA) is 119 Å². The molecule has 1 amide bonds. The van der Waals surface area contributed by atoms with Crippen LogP contribution in [0.15, 0.2) is 36.7 Å². The molecule has 0 radical (unpaired) electrons. The van der Waals surface area contributed by atoms with Crippen molar-refractivity contribution in [2.45, 2.75) is 51.2 Å². The maximum absolute atomic E-state index is 15.4. The molecule has 0 spiro atoms. The predicted molar refractivity (Wildman–Crippen MR) is 162 cm³/mol. The highest BCUT2D eigenvalue weighted by atomic mass is 19.1. The number of halogens is 2. The first-order valence-corrected chi connectivity index (χ1v) is 15.3. The number of carbonyl (C=O) groups is 1. The first-order valence-electron chi connectivity index (χ1n) is 15.3. The minimum absolute atomic E-state index is 0.0352. The Morgan fingerprint density at radius 2 is 1.77 bits per heavy atom. The summed E-state index contributed by atoms with van der Waals surface area (Å²) in [5.41, 5.74) is 1.88. The van der Waals surface area contributed by atoms with Crippen molar-refractivity contribution >= 4 is 23.5 Å². The van der Waals surface area contributed by atoms with Gasteiger partial charge in [0.25, 0.3) is 0 Å². The molecule has 2 fully saturated rings. The molecule has 1 aliphatic carbocycles. The Hall–Kier alpha value is -4.10. The highest BCUT2D eigenvalue weighted by Crippen LogP contribution is 2.41. The van der Waals surface area contributed by atoms with Crippen molar-refractivity contribution in [3.05, 3.63) is 53.9 Å². The van der Waals surface area contributed by atoms with Crippen molar-refractivity contribution in [2.75, 3.05) is 56.1 Å². The average molecular weight is 609 g/mol. The summed E-state index contributed by atoms with van der Waals surface area (Å²) in [5, 5.41) is 14.7. The van der Waals surface area contributed by atoms with Gasteiger partial charge in [-0.15, -0.1) is 0 Å². The third-order valence-corrected chi connectivity index (χ3v) is 8.78. The summed E-state index contributed by atoms with van der Waals surface area (Å²) in [6, 6.07) is 6.78. The minimum Gasteiger partial charge on any atom is -0.486 e. The number of hydrogen-bond donors (Lipinski definition) is 3. The summed E-state index contributed by atoms with van der Waals surface area (Å²) in [4.78, 5) is 31.0. The minimum atomic E-state index is -1.03. The lowest BCUT2D eigenvalue weighted by molar-refractivity contribution is 0.132. The molecule has 44 heavy (non-hydrogen) atoms. The molecular formula is C31H38F2N8O3. The summed E-state index contributed by atoms with van der Waals surface area (Å²) >= 11 is 0. The predicted octanol–water partition coefficient (Wildman–Crippen LogP) is 4.48. The van der Waals surface area contributed by atoms with Gasteiger partial charge in [0.05, 0.1) is 18.4 Å². The number of likely N-dealkylation sites (N-methyl/N-ethyl adjacent to an activating group) is 1. The summed E-state index contributed by atoms with van der Waals surface area (Å²) in [5.74, 6) is -0.469. The lowest BCUT2D eigenvalue weighted by atomic mass is 9.89. The molecule has 1 saturated carbocycles. The molecule has 0 unspecified atom stereocenters. The number of hydrogen-bond acceptors (Lipinski definition) is 9. The molecule has 0 bridgehead atoms. The summed E-state index contributed by atoms with van der Waals surface area (Å²) in [6.45, 7) is 9.16. The Balaban J connectivity index is 1.16. The number of pyridine rings is 1. The number of fused-ring (bicyclic) bond motifs is 1. The van der Waals surface area contributed by atoms with Crippen molar-refractivity contribution in [3.63, 3.8) is 0 Å². The van der Waals surface area contributed by atoms with Gasteiger partial charge in [-0.1, -0.05) is 13.0 Å². The molecule has 4 heterocycles. The van der Waals surface area contributed by atoms with Crippen LogP contribution in [-0.4, -0.2) is 93.9 Å². The number of ether oxygens (including phenoxy) is 1. The number of nitrogens with one attached hydrogen (secondary N) is 2. The lowest BCUT2D eigenvalue weighted by Crippen LogP contribution is -2.46. The third-order valence-electron chi connectivity index (χ3n) is 8.78. The van der Waals surface area contributed by atoms with Gasteiger partial charge in [0.15, 0.2) is 17.4 Å². The normalized spacial score (nSPS) is 20.9. The average Bonchev–Trinajstić information content (AvgIpc) is 3.03. The number of rotatable bonds is 8. The maximum Gasteiger partial charge on any atom is 0.404 e. The van der Waals surface area contributed by atoms with Crippen LogP contribution in [-0.2, 0) is 6.54 Å². The van der Waals surface area contributed by atoms with Crippen molar-refractivity contribution in [1.82, 2.24) is 30.1 Å². The van der Waals surface area contributed by atoms with E-state index in [-0.39, 0.29) is 35.0 Å². The molecule has 1 aromatic carbocycles. The molecule has 1 saturated heterocycles. The van der Waals surface area contributed by atoms with Crippen LogP contribution in [0.1, 0.15) is 38.2 Å². The molecular weight excluding hydrogens is 570 g/mol. The van der Waals surface area contributed by atoms with Gasteiger partial charge in [0.2, 0.25) is 5.95 Å². The lowest BCUT2D eigenvalue weighted by Gasteiger charge is -2.41. The molecule has 6 rings (SSSR count). The molecule has 0 atom stereocenters. The second-order valence-corrected chi connectivity index (χ2v) is 11.6. The van der Waals surface area contributed by atoms with Crippen LogP contribution in [0.2, 0.25) is 0 Å². The number of benzene rings is 1. The summed E-state index contributed by atoms with van der Waals surface area (Å²) in [6.07, 6.45) is 4.72. The Morgan fingerprint density at radius 3 is 2.48 bits per heavy atom. The fraction of sp³-hybridized carbons (Fsp3) is 0.484. The largest absolute Gasteiger partial charge is 0.486 e. The second kappa shape index (κ2) is 13.3. The number of nitrogens with zero attached hydrogens (tertiary/aromatic N) is 6. The monoisotopic (exact) mass is 608 g/mol. The smallest absolute Gasteiger partial charge is 0.404 e. The van der Waals surface area contributed by atoms with E-state index in [1.54, 1.807) is 6.07 Å². The molecule has 3 aromatic rings. The first kappa shape index (κ1) is 29.9. The van der Waals surface area contributed by atoms with E-state index in [0.29, 0.717) is 37.5 Å². The molecule has 11 nitrogen and oxygen atoms in total. The van der Waals surface area contributed by atoms with Gasteiger partial charge in [-0.25, -0.2) is 28.5 Å². The zero-order chi connectivity index (χ0) is 30.6. The molecule has 13 heteroatoms. The fourth-order valence-electron chi connectivity index (χ4n) is 6.38. The first-order chi connectivity index (χ1) is 21.4. The van der Waals surface area contributed by atoms with Crippen LogP contribution in [0.4, 0.5) is 31.0 Å². The van der Waals surface area contributed by atoms with Crippen molar-refractivity contribution in [1.29, 1.82) is 0 Å². The van der Waals surface area contributed by atoms with Crippen LogP contribution in [0.5, 0.6) is 5.75 Å². The van der Waals surface area contributed by atoms with E-state index in [4.69, 9.17) is 9.84 Å². The van der Waals surface area contributed by atoms with E-state index in [1.807, 2.05) is 18.3 Å². The summed E-state index contributed by atoms with van der Waals surface area (Å²) < 4.78 is 36.1. The van der Waals surface area contributed by atoms with E-state index in [2.05, 4.69) is 47.2 Å². The van der Waals surface area contributed by atoms with Gasteiger partial charge < -0.3 is 30.3 Å². The fourth-order valence-corrected chi connectivity index (χ4v) is 6.38. The van der Waals surface area contributed by atoms with E-state index in [9.17, 15) is 4.79 Å². The molecule has 2 aliphatic heterocycles. The van der Waals surface area contributed by atoms with Crippen LogP contribution in [0, 0.1) is 11.6 Å². The Morgan fingerprint density at radius 1 is 1.00 bits per heavy atom. The van der Waals surface area contributed by atoms with E-state index in [1.165, 1.54) is 6.07 Å². The zero-order valence-electron chi connectivity index (χ0n) is 24.8. The van der Waals surface area contributed by atoms with Crippen molar-refractivity contribution in [3.8, 4) is 17.0 Å². The highest BCUT2D eigenvalue weighted by Gasteiger charge is 2.32. The number of piperazine rings is 1. The van der Waals surface area contributed by atoms with E-state index >= 15 is 8.78 Å². The van der Waals surface area contributed by atoms with E-state index < -0.39 is 17.7 Å². The maximum atomic E-state index is 15.4. The Kier molecular flexibility index (Phi) is 9.03. The molecule has 2 aromatic heterocycles. The van der Waals surface area contributed by atoms with Crippen LogP contribution in [0.25, 0.3) is 11.3 Å². The Bertz CT molecular complexity index is 1460. The Labute approximate surface area is 255 Å². The van der Waals surface area contributed by atoms with Crippen molar-refractivity contribution in [2.24, 2.45) is 0 Å². The third kappa shape index (κ3) is 6.83. The van der Waals surface area contributed by atoms with Crippen LogP contribution >= 0.6 is 0 Å². The van der Waals surface area contributed by atoms with Gasteiger partial charge >= 0.3 is 6.09 Å². The number of amides is 1. The standard InChI is InChI=1S/C31H38F2N8O3/c1-2-39-9-11-40(12-10-39)19-20-3-8-27(34-17-20)37-30-35-18-25(33)28(38-30)21-15-24(32)29-26(16-21)41(13-14-44-29)23-6-4-22(5-7-23)36-31(42)43/h3,8,15-18,22-23,36H,2,4-7,9-14,19H2,1H3,(H,42,43)(H,34,35,37,38). The quantitative estimate of drug-likeness (QED) is 0.338. The molecule has 3 aliphatic rings.